The molecule has 108 valence electrons. The van der Waals surface area contributed by atoms with Gasteiger partial charge in [-0.15, -0.1) is 0 Å². The van der Waals surface area contributed by atoms with Crippen molar-refractivity contribution in [3.05, 3.63) is 70.8 Å². The fourth-order valence-electron chi connectivity index (χ4n) is 1.76. The van der Waals surface area contributed by atoms with E-state index in [1.54, 1.807) is 18.2 Å². The summed E-state index contributed by atoms with van der Waals surface area (Å²) in [6.07, 6.45) is 0. The maximum Gasteiger partial charge on any atom is 0.341 e. The molecule has 0 aliphatic rings. The second-order valence-electron chi connectivity index (χ2n) is 4.22. The summed E-state index contributed by atoms with van der Waals surface area (Å²) in [6, 6.07) is 8.76. The largest absolute Gasteiger partial charge is 0.457 e. The number of esters is 1. The standard InChI is InChI=1S/C15H11F2NO3/c16-10-5-6-13(17)12(7-10)15(20)21-8-9-3-1-2-4-11(9)14(18)19/h1-7H,8H2,(H2,18,19). The minimum Gasteiger partial charge on any atom is -0.457 e. The van der Waals surface area contributed by atoms with E-state index in [1.165, 1.54) is 6.07 Å². The zero-order chi connectivity index (χ0) is 15.4. The first kappa shape index (κ1) is 14.6. The summed E-state index contributed by atoms with van der Waals surface area (Å²) in [6.45, 7) is -0.270. The molecular formula is C15H11F2NO3. The van der Waals surface area contributed by atoms with Crippen molar-refractivity contribution >= 4 is 11.9 Å². The first-order chi connectivity index (χ1) is 9.99. The van der Waals surface area contributed by atoms with Crippen molar-refractivity contribution in [2.75, 3.05) is 0 Å². The van der Waals surface area contributed by atoms with E-state index in [2.05, 4.69) is 0 Å². The number of ether oxygens (including phenoxy) is 1. The van der Waals surface area contributed by atoms with Crippen LogP contribution in [0.1, 0.15) is 26.3 Å². The summed E-state index contributed by atoms with van der Waals surface area (Å²) in [5.41, 5.74) is 5.26. The highest BCUT2D eigenvalue weighted by Crippen LogP contribution is 2.14. The topological polar surface area (TPSA) is 69.4 Å². The normalized spacial score (nSPS) is 10.2. The molecule has 0 unspecified atom stereocenters. The van der Waals surface area contributed by atoms with E-state index in [-0.39, 0.29) is 12.2 Å². The van der Waals surface area contributed by atoms with Crippen molar-refractivity contribution < 1.29 is 23.1 Å². The Balaban J connectivity index is 2.15. The molecule has 2 N–H and O–H groups in total. The number of hydrogen-bond donors (Lipinski definition) is 1. The monoisotopic (exact) mass is 291 g/mol. The quantitative estimate of drug-likeness (QED) is 0.879. The van der Waals surface area contributed by atoms with E-state index in [4.69, 9.17) is 10.5 Å². The van der Waals surface area contributed by atoms with Gasteiger partial charge in [0.1, 0.15) is 18.2 Å². The molecule has 0 aliphatic heterocycles. The van der Waals surface area contributed by atoms with Gasteiger partial charge in [-0.1, -0.05) is 18.2 Å². The van der Waals surface area contributed by atoms with E-state index >= 15 is 0 Å². The third-order valence-electron chi connectivity index (χ3n) is 2.79. The Kier molecular flexibility index (Phi) is 4.27. The smallest absolute Gasteiger partial charge is 0.341 e. The van der Waals surface area contributed by atoms with E-state index in [0.29, 0.717) is 5.56 Å². The Morgan fingerprint density at radius 1 is 1.05 bits per heavy atom. The van der Waals surface area contributed by atoms with Crippen LogP contribution in [0.25, 0.3) is 0 Å². The van der Waals surface area contributed by atoms with Gasteiger partial charge in [0, 0.05) is 11.1 Å². The Labute approximate surface area is 119 Å². The number of hydrogen-bond acceptors (Lipinski definition) is 3. The summed E-state index contributed by atoms with van der Waals surface area (Å²) in [7, 11) is 0. The molecule has 0 aromatic heterocycles. The minimum atomic E-state index is -1.02. The van der Waals surface area contributed by atoms with Gasteiger partial charge in [0.2, 0.25) is 5.91 Å². The minimum absolute atomic E-state index is 0.199. The lowest BCUT2D eigenvalue weighted by Crippen LogP contribution is -2.15. The van der Waals surface area contributed by atoms with E-state index in [9.17, 15) is 18.4 Å². The molecule has 4 nitrogen and oxygen atoms in total. The third-order valence-corrected chi connectivity index (χ3v) is 2.79. The number of nitrogens with two attached hydrogens (primary N) is 1. The zero-order valence-corrected chi connectivity index (χ0v) is 10.8. The van der Waals surface area contributed by atoms with Crippen molar-refractivity contribution in [3.8, 4) is 0 Å². The molecule has 1 amide bonds. The predicted molar refractivity (Wildman–Crippen MR) is 70.4 cm³/mol. The Morgan fingerprint density at radius 2 is 1.76 bits per heavy atom. The van der Waals surface area contributed by atoms with Gasteiger partial charge in [-0.05, 0) is 24.3 Å². The summed E-state index contributed by atoms with van der Waals surface area (Å²) < 4.78 is 31.3. The summed E-state index contributed by atoms with van der Waals surface area (Å²) in [5, 5.41) is 0. The molecule has 2 rings (SSSR count). The molecule has 0 aliphatic carbocycles. The van der Waals surface area contributed by atoms with Crippen LogP contribution in [0.5, 0.6) is 0 Å². The molecule has 0 saturated heterocycles. The SMILES string of the molecule is NC(=O)c1ccccc1COC(=O)c1cc(F)ccc1F. The molecule has 21 heavy (non-hydrogen) atoms. The van der Waals surface area contributed by atoms with Gasteiger partial charge in [0.15, 0.2) is 0 Å². The number of rotatable bonds is 4. The average Bonchev–Trinajstić information content (AvgIpc) is 2.47. The van der Waals surface area contributed by atoms with Crippen LogP contribution in [0.4, 0.5) is 8.78 Å². The lowest BCUT2D eigenvalue weighted by Gasteiger charge is -2.08. The zero-order valence-electron chi connectivity index (χ0n) is 10.8. The van der Waals surface area contributed by atoms with Gasteiger partial charge in [0.25, 0.3) is 0 Å². The molecule has 0 heterocycles. The summed E-state index contributed by atoms with van der Waals surface area (Å²) >= 11 is 0. The van der Waals surface area contributed by atoms with Gasteiger partial charge in [-0.25, -0.2) is 13.6 Å². The fourth-order valence-corrected chi connectivity index (χ4v) is 1.76. The molecule has 0 fully saturated rings. The summed E-state index contributed by atoms with van der Waals surface area (Å²) in [5.74, 6) is -3.32. The van der Waals surface area contributed by atoms with Crippen molar-refractivity contribution in [2.24, 2.45) is 5.73 Å². The second-order valence-corrected chi connectivity index (χ2v) is 4.22. The maximum atomic E-state index is 13.4. The van der Waals surface area contributed by atoms with Crippen LogP contribution in [-0.2, 0) is 11.3 Å². The van der Waals surface area contributed by atoms with Crippen molar-refractivity contribution in [1.82, 2.24) is 0 Å². The number of carbonyl (C=O) groups excluding carboxylic acids is 2. The Morgan fingerprint density at radius 3 is 2.48 bits per heavy atom. The van der Waals surface area contributed by atoms with Gasteiger partial charge in [0.05, 0.1) is 5.56 Å². The first-order valence-electron chi connectivity index (χ1n) is 5.99. The average molecular weight is 291 g/mol. The van der Waals surface area contributed by atoms with Crippen LogP contribution in [-0.4, -0.2) is 11.9 Å². The molecule has 2 aromatic rings. The first-order valence-corrected chi connectivity index (χ1v) is 5.99. The highest BCUT2D eigenvalue weighted by Gasteiger charge is 2.15. The van der Waals surface area contributed by atoms with E-state index < -0.39 is 29.1 Å². The van der Waals surface area contributed by atoms with Crippen molar-refractivity contribution in [1.29, 1.82) is 0 Å². The Hall–Kier alpha value is -2.76. The second kappa shape index (κ2) is 6.13. The number of carbonyl (C=O) groups is 2. The molecule has 2 aromatic carbocycles. The predicted octanol–water partition coefficient (Wildman–Crippen LogP) is 2.42. The molecule has 0 atom stereocenters. The van der Waals surface area contributed by atoms with Crippen molar-refractivity contribution in [3.63, 3.8) is 0 Å². The van der Waals surface area contributed by atoms with Crippen LogP contribution in [0.3, 0.4) is 0 Å². The van der Waals surface area contributed by atoms with Crippen LogP contribution >= 0.6 is 0 Å². The van der Waals surface area contributed by atoms with Crippen LogP contribution in [0.2, 0.25) is 0 Å². The molecule has 0 radical (unpaired) electrons. The number of benzene rings is 2. The van der Waals surface area contributed by atoms with Gasteiger partial charge in [-0.2, -0.15) is 0 Å². The molecular weight excluding hydrogens is 280 g/mol. The van der Waals surface area contributed by atoms with E-state index in [1.807, 2.05) is 0 Å². The van der Waals surface area contributed by atoms with Gasteiger partial charge < -0.3 is 10.5 Å². The van der Waals surface area contributed by atoms with E-state index in [0.717, 1.165) is 18.2 Å². The van der Waals surface area contributed by atoms with Gasteiger partial charge in [-0.3, -0.25) is 4.79 Å². The van der Waals surface area contributed by atoms with Gasteiger partial charge >= 0.3 is 5.97 Å². The Bertz CT molecular complexity index is 701. The summed E-state index contributed by atoms with van der Waals surface area (Å²) in [4.78, 5) is 22.9. The number of primary amides is 1. The third kappa shape index (κ3) is 3.42. The number of amides is 1. The lowest BCUT2D eigenvalue weighted by atomic mass is 10.1. The number of halogens is 2. The highest BCUT2D eigenvalue weighted by molar-refractivity contribution is 5.94. The highest BCUT2D eigenvalue weighted by atomic mass is 19.1. The maximum absolute atomic E-state index is 13.4. The van der Waals surface area contributed by atoms with Crippen LogP contribution < -0.4 is 5.73 Å². The molecule has 0 saturated carbocycles. The van der Waals surface area contributed by atoms with Crippen LogP contribution in [0, 0.1) is 11.6 Å². The fraction of sp³-hybridized carbons (Fsp3) is 0.0667. The lowest BCUT2D eigenvalue weighted by molar-refractivity contribution is 0.0464. The van der Waals surface area contributed by atoms with Crippen LogP contribution in [0.15, 0.2) is 42.5 Å². The molecule has 6 heteroatoms. The molecule has 0 spiro atoms. The van der Waals surface area contributed by atoms with Crippen molar-refractivity contribution in [2.45, 2.75) is 6.61 Å². The molecule has 0 bridgehead atoms.